The lowest BCUT2D eigenvalue weighted by atomic mass is 9.36. The summed E-state index contributed by atoms with van der Waals surface area (Å²) in [5, 5.41) is 37.9. The Hall–Kier alpha value is -2.12. The number of rotatable bonds is 8. The van der Waals surface area contributed by atoms with E-state index in [-0.39, 0.29) is 25.7 Å². The maximum Gasteiger partial charge on any atom is 0.311 e. The van der Waals surface area contributed by atoms with Crippen molar-refractivity contribution in [2.75, 3.05) is 0 Å². The molecule has 124 valence electrons. The number of carboxylic acids is 4. The third-order valence-corrected chi connectivity index (χ3v) is 4.68. The van der Waals surface area contributed by atoms with Gasteiger partial charge in [-0.15, -0.1) is 0 Å². The summed E-state index contributed by atoms with van der Waals surface area (Å²) in [6, 6.07) is 0. The lowest BCUT2D eigenvalue weighted by Crippen LogP contribution is -2.74. The fraction of sp³-hybridized carbons (Fsp3) is 0.714. The molecule has 0 radical (unpaired) electrons. The van der Waals surface area contributed by atoms with Crippen LogP contribution in [0.2, 0.25) is 0 Å². The lowest BCUT2D eigenvalue weighted by Gasteiger charge is -2.60. The monoisotopic (exact) mass is 316 g/mol. The van der Waals surface area contributed by atoms with Gasteiger partial charge in [-0.05, 0) is 12.8 Å². The van der Waals surface area contributed by atoms with Gasteiger partial charge >= 0.3 is 23.9 Å². The summed E-state index contributed by atoms with van der Waals surface area (Å²) >= 11 is 0. The van der Waals surface area contributed by atoms with Crippen LogP contribution in [0.4, 0.5) is 0 Å². The number of hydrogen-bond donors (Lipinski definition) is 4. The van der Waals surface area contributed by atoms with E-state index >= 15 is 0 Å². The number of hydrogen-bond acceptors (Lipinski definition) is 4. The molecule has 1 rings (SSSR count). The summed E-state index contributed by atoms with van der Waals surface area (Å²) in [5.74, 6) is -9.83. The van der Waals surface area contributed by atoms with Crippen LogP contribution in [0.5, 0.6) is 0 Å². The smallest absolute Gasteiger partial charge is 0.311 e. The van der Waals surface area contributed by atoms with Gasteiger partial charge in [0.15, 0.2) is 0 Å². The molecular weight excluding hydrogens is 296 g/mol. The standard InChI is InChI=1S/C14H20O8/c1-3-5-13(11(19)20)7(9(15)16)14(6-4-2,12(21)22)8(13)10(17)18/h7-8H,3-6H2,1-2H3,(H,15,16)(H,17,18)(H,19,20)(H,21,22). The topological polar surface area (TPSA) is 149 Å². The van der Waals surface area contributed by atoms with Crippen LogP contribution >= 0.6 is 0 Å². The van der Waals surface area contributed by atoms with Crippen LogP contribution in [0, 0.1) is 22.7 Å². The van der Waals surface area contributed by atoms with E-state index in [9.17, 15) is 39.6 Å². The maximum absolute atomic E-state index is 11.7. The summed E-state index contributed by atoms with van der Waals surface area (Å²) in [6.07, 6.45) is 0.0768. The van der Waals surface area contributed by atoms with E-state index in [0.29, 0.717) is 0 Å². The Kier molecular flexibility index (Phi) is 4.84. The molecule has 0 saturated heterocycles. The van der Waals surface area contributed by atoms with Crippen molar-refractivity contribution >= 4 is 23.9 Å². The van der Waals surface area contributed by atoms with Gasteiger partial charge in [-0.2, -0.15) is 0 Å². The molecule has 0 aromatic rings. The van der Waals surface area contributed by atoms with Crippen LogP contribution in [-0.4, -0.2) is 44.3 Å². The van der Waals surface area contributed by atoms with Crippen molar-refractivity contribution in [1.29, 1.82) is 0 Å². The van der Waals surface area contributed by atoms with E-state index in [4.69, 9.17) is 0 Å². The molecule has 0 aromatic carbocycles. The van der Waals surface area contributed by atoms with Crippen LogP contribution in [0.25, 0.3) is 0 Å². The minimum Gasteiger partial charge on any atom is -0.481 e. The molecule has 8 heteroatoms. The molecule has 0 amide bonds. The van der Waals surface area contributed by atoms with Crippen LogP contribution in [0.3, 0.4) is 0 Å². The van der Waals surface area contributed by atoms with Crippen molar-refractivity contribution in [2.45, 2.75) is 39.5 Å². The number of carboxylic acid groups (broad SMARTS) is 4. The SMILES string of the molecule is CCCC1(C(=O)O)C(C(=O)O)C(CCC)(C(=O)O)C1C(=O)O. The molecule has 8 nitrogen and oxygen atoms in total. The maximum atomic E-state index is 11.7. The zero-order valence-electron chi connectivity index (χ0n) is 12.4. The van der Waals surface area contributed by atoms with Gasteiger partial charge in [0, 0.05) is 0 Å². The van der Waals surface area contributed by atoms with E-state index in [2.05, 4.69) is 0 Å². The fourth-order valence-corrected chi connectivity index (χ4v) is 4.15. The highest BCUT2D eigenvalue weighted by Crippen LogP contribution is 2.68. The average Bonchev–Trinajstić information content (AvgIpc) is 2.34. The number of aliphatic carboxylic acids is 4. The Morgan fingerprint density at radius 2 is 1.00 bits per heavy atom. The molecule has 0 aliphatic heterocycles. The first-order valence-corrected chi connectivity index (χ1v) is 7.06. The van der Waals surface area contributed by atoms with Crippen molar-refractivity contribution in [3.05, 3.63) is 0 Å². The molecule has 0 bridgehead atoms. The predicted molar refractivity (Wildman–Crippen MR) is 72.2 cm³/mol. The van der Waals surface area contributed by atoms with Gasteiger partial charge in [0.25, 0.3) is 0 Å². The van der Waals surface area contributed by atoms with Crippen molar-refractivity contribution < 1.29 is 39.6 Å². The molecule has 1 fully saturated rings. The second kappa shape index (κ2) is 5.94. The van der Waals surface area contributed by atoms with Gasteiger partial charge in [-0.1, -0.05) is 26.7 Å². The predicted octanol–water partition coefficient (Wildman–Crippen LogP) is 1.14. The van der Waals surface area contributed by atoms with Crippen molar-refractivity contribution in [3.63, 3.8) is 0 Å². The van der Waals surface area contributed by atoms with Crippen molar-refractivity contribution in [2.24, 2.45) is 22.7 Å². The minimum atomic E-state index is -2.10. The molecule has 4 N–H and O–H groups in total. The lowest BCUT2D eigenvalue weighted by molar-refractivity contribution is -0.241. The largest absolute Gasteiger partial charge is 0.481 e. The first-order chi connectivity index (χ1) is 10.1. The van der Waals surface area contributed by atoms with Gasteiger partial charge in [0.1, 0.15) is 0 Å². The zero-order chi connectivity index (χ0) is 17.3. The van der Waals surface area contributed by atoms with Gasteiger partial charge in [0.2, 0.25) is 0 Å². The third kappa shape index (κ3) is 2.05. The molecule has 1 aliphatic carbocycles. The third-order valence-electron chi connectivity index (χ3n) is 4.68. The van der Waals surface area contributed by atoms with Crippen molar-refractivity contribution in [3.8, 4) is 0 Å². The quantitative estimate of drug-likeness (QED) is 0.520. The van der Waals surface area contributed by atoms with Crippen LogP contribution < -0.4 is 0 Å². The Labute approximate surface area is 126 Å². The summed E-state index contributed by atoms with van der Waals surface area (Å²) in [5.41, 5.74) is -4.19. The molecule has 1 aliphatic rings. The van der Waals surface area contributed by atoms with Gasteiger partial charge in [-0.3, -0.25) is 19.2 Å². The summed E-state index contributed by atoms with van der Waals surface area (Å²) in [6.45, 7) is 3.20. The first-order valence-electron chi connectivity index (χ1n) is 7.06. The van der Waals surface area contributed by atoms with Gasteiger partial charge < -0.3 is 20.4 Å². The summed E-state index contributed by atoms with van der Waals surface area (Å²) < 4.78 is 0. The van der Waals surface area contributed by atoms with Crippen LogP contribution in [0.15, 0.2) is 0 Å². The second-order valence-electron chi connectivity index (χ2n) is 5.73. The Morgan fingerprint density at radius 3 is 1.14 bits per heavy atom. The normalized spacial score (nSPS) is 33.7. The molecular formula is C14H20O8. The average molecular weight is 316 g/mol. The van der Waals surface area contributed by atoms with Gasteiger partial charge in [0.05, 0.1) is 22.7 Å². The Morgan fingerprint density at radius 1 is 0.727 bits per heavy atom. The van der Waals surface area contributed by atoms with Crippen LogP contribution in [-0.2, 0) is 19.2 Å². The van der Waals surface area contributed by atoms with E-state index in [0.717, 1.165) is 0 Å². The zero-order valence-corrected chi connectivity index (χ0v) is 12.4. The molecule has 0 atom stereocenters. The second-order valence-corrected chi connectivity index (χ2v) is 5.73. The van der Waals surface area contributed by atoms with E-state index in [1.165, 1.54) is 0 Å². The molecule has 1 saturated carbocycles. The van der Waals surface area contributed by atoms with Crippen molar-refractivity contribution in [1.82, 2.24) is 0 Å². The molecule has 0 aromatic heterocycles. The summed E-state index contributed by atoms with van der Waals surface area (Å²) in [7, 11) is 0. The molecule has 0 unspecified atom stereocenters. The Bertz CT molecular complexity index is 455. The fourth-order valence-electron chi connectivity index (χ4n) is 4.15. The van der Waals surface area contributed by atoms with Gasteiger partial charge in [-0.25, -0.2) is 0 Å². The molecule has 22 heavy (non-hydrogen) atoms. The van der Waals surface area contributed by atoms with Crippen LogP contribution in [0.1, 0.15) is 39.5 Å². The molecule has 0 spiro atoms. The Balaban J connectivity index is 3.65. The highest BCUT2D eigenvalue weighted by Gasteiger charge is 2.81. The molecule has 0 heterocycles. The van der Waals surface area contributed by atoms with E-state index in [1.807, 2.05) is 0 Å². The minimum absolute atomic E-state index is 0.199. The number of carbonyl (C=O) groups is 4. The highest BCUT2D eigenvalue weighted by molar-refractivity contribution is 6.01. The van der Waals surface area contributed by atoms with E-state index < -0.39 is 46.5 Å². The first kappa shape index (κ1) is 17.9. The summed E-state index contributed by atoms with van der Waals surface area (Å²) in [4.78, 5) is 46.7. The van der Waals surface area contributed by atoms with E-state index in [1.54, 1.807) is 13.8 Å². The highest BCUT2D eigenvalue weighted by atomic mass is 16.4.